The summed E-state index contributed by atoms with van der Waals surface area (Å²) >= 11 is 0.832. The lowest BCUT2D eigenvalue weighted by Gasteiger charge is -2.07. The zero-order valence-corrected chi connectivity index (χ0v) is 15.4. The second-order valence-electron chi connectivity index (χ2n) is 5.41. The van der Waals surface area contributed by atoms with Gasteiger partial charge in [-0.05, 0) is 30.7 Å². The molecule has 0 saturated heterocycles. The first-order chi connectivity index (χ1) is 12.7. The number of aromatic nitrogens is 3. The number of nitrogens with zero attached hydrogens (tertiary/aromatic N) is 3. The number of benzene rings is 1. The summed E-state index contributed by atoms with van der Waals surface area (Å²) in [6, 6.07) is 6.10. The maximum Gasteiger partial charge on any atom is 0.451 e. The van der Waals surface area contributed by atoms with E-state index in [-0.39, 0.29) is 10.9 Å². The van der Waals surface area contributed by atoms with Gasteiger partial charge in [-0.2, -0.15) is 13.2 Å². The molecular formula is C16H17F3N4O3S. The van der Waals surface area contributed by atoms with Gasteiger partial charge in [-0.25, -0.2) is 4.79 Å². The second kappa shape index (κ2) is 8.89. The van der Waals surface area contributed by atoms with E-state index in [4.69, 9.17) is 4.74 Å². The minimum Gasteiger partial charge on any atom is -0.462 e. The number of carbonyl (C=O) groups excluding carboxylic acids is 2. The lowest BCUT2D eigenvalue weighted by molar-refractivity contribution is -0.147. The van der Waals surface area contributed by atoms with Crippen molar-refractivity contribution in [3.05, 3.63) is 35.7 Å². The second-order valence-corrected chi connectivity index (χ2v) is 6.36. The number of hydrogen-bond acceptors (Lipinski definition) is 6. The highest BCUT2D eigenvalue weighted by molar-refractivity contribution is 7.99. The molecule has 11 heteroatoms. The molecule has 0 unspecified atom stereocenters. The molecule has 1 aromatic heterocycles. The van der Waals surface area contributed by atoms with Crippen molar-refractivity contribution in [2.75, 3.05) is 17.7 Å². The summed E-state index contributed by atoms with van der Waals surface area (Å²) in [5.41, 5.74) is 0.802. The summed E-state index contributed by atoms with van der Waals surface area (Å²) in [7, 11) is 1.18. The number of esters is 1. The number of anilines is 1. The van der Waals surface area contributed by atoms with E-state index in [2.05, 4.69) is 15.5 Å². The predicted molar refractivity (Wildman–Crippen MR) is 92.4 cm³/mol. The Hall–Kier alpha value is -2.56. The van der Waals surface area contributed by atoms with E-state index in [9.17, 15) is 22.8 Å². The molecule has 1 heterocycles. The maximum absolute atomic E-state index is 12.7. The normalized spacial score (nSPS) is 11.3. The highest BCUT2D eigenvalue weighted by atomic mass is 32.2. The molecular weight excluding hydrogens is 385 g/mol. The van der Waals surface area contributed by atoms with Crippen LogP contribution in [0.2, 0.25) is 0 Å². The summed E-state index contributed by atoms with van der Waals surface area (Å²) in [5.74, 6) is -2.16. The topological polar surface area (TPSA) is 86.1 Å². The van der Waals surface area contributed by atoms with Crippen LogP contribution in [0.4, 0.5) is 18.9 Å². The number of ether oxygens (including phenoxy) is 1. The Kier molecular flexibility index (Phi) is 6.83. The molecule has 7 nitrogen and oxygen atoms in total. The van der Waals surface area contributed by atoms with Gasteiger partial charge in [-0.15, -0.1) is 10.2 Å². The highest BCUT2D eigenvalue weighted by Crippen LogP contribution is 2.29. The van der Waals surface area contributed by atoms with Gasteiger partial charge >= 0.3 is 12.1 Å². The van der Waals surface area contributed by atoms with Crippen LogP contribution in [0.1, 0.15) is 29.5 Å². The number of alkyl halides is 3. The van der Waals surface area contributed by atoms with Gasteiger partial charge < -0.3 is 14.6 Å². The minimum atomic E-state index is -4.61. The van der Waals surface area contributed by atoms with Crippen molar-refractivity contribution in [3.63, 3.8) is 0 Å². The monoisotopic (exact) mass is 402 g/mol. The van der Waals surface area contributed by atoms with Crippen LogP contribution in [-0.4, -0.2) is 39.0 Å². The van der Waals surface area contributed by atoms with Crippen LogP contribution < -0.4 is 5.32 Å². The number of rotatable bonds is 7. The Morgan fingerprint density at radius 3 is 2.44 bits per heavy atom. The molecule has 0 bridgehead atoms. The van der Waals surface area contributed by atoms with Gasteiger partial charge in [0, 0.05) is 12.7 Å². The molecule has 0 radical (unpaired) electrons. The number of amides is 1. The largest absolute Gasteiger partial charge is 0.462 e. The fourth-order valence-electron chi connectivity index (χ4n) is 1.98. The van der Waals surface area contributed by atoms with E-state index in [1.54, 1.807) is 0 Å². The Labute approximate surface area is 157 Å². The van der Waals surface area contributed by atoms with Crippen molar-refractivity contribution in [1.29, 1.82) is 0 Å². The van der Waals surface area contributed by atoms with Crippen LogP contribution in [0.15, 0.2) is 29.4 Å². The number of thioether (sulfide) groups is 1. The molecule has 0 atom stereocenters. The molecule has 146 valence electrons. The van der Waals surface area contributed by atoms with Crippen molar-refractivity contribution in [2.45, 2.75) is 24.7 Å². The van der Waals surface area contributed by atoms with Crippen molar-refractivity contribution < 1.29 is 27.5 Å². The third kappa shape index (κ3) is 5.71. The average molecular weight is 402 g/mol. The van der Waals surface area contributed by atoms with Gasteiger partial charge in [-0.1, -0.05) is 18.7 Å². The predicted octanol–water partition coefficient (Wildman–Crippen LogP) is 3.13. The van der Waals surface area contributed by atoms with E-state index in [1.807, 2.05) is 6.92 Å². The number of nitrogens with one attached hydrogen (secondary N) is 1. The van der Waals surface area contributed by atoms with Gasteiger partial charge in [-0.3, -0.25) is 4.79 Å². The Morgan fingerprint density at radius 2 is 1.89 bits per heavy atom. The molecule has 0 aliphatic carbocycles. The fourth-order valence-corrected chi connectivity index (χ4v) is 2.69. The minimum absolute atomic E-state index is 0.0218. The highest BCUT2D eigenvalue weighted by Gasteiger charge is 2.37. The van der Waals surface area contributed by atoms with Crippen LogP contribution in [0, 0.1) is 0 Å². The number of carbonyl (C=O) groups is 2. The first kappa shape index (κ1) is 20.7. The summed E-state index contributed by atoms with van der Waals surface area (Å²) in [6.45, 7) is 2.21. The van der Waals surface area contributed by atoms with Gasteiger partial charge in [0.1, 0.15) is 0 Å². The third-order valence-electron chi connectivity index (χ3n) is 3.26. The van der Waals surface area contributed by atoms with Crippen LogP contribution in [-0.2, 0) is 22.8 Å². The van der Waals surface area contributed by atoms with Gasteiger partial charge in [0.25, 0.3) is 0 Å². The molecule has 1 aromatic carbocycles. The van der Waals surface area contributed by atoms with Crippen molar-refractivity contribution >= 4 is 29.3 Å². The summed E-state index contributed by atoms with van der Waals surface area (Å²) < 4.78 is 43.8. The summed E-state index contributed by atoms with van der Waals surface area (Å²) in [4.78, 5) is 23.7. The summed E-state index contributed by atoms with van der Waals surface area (Å²) in [6.07, 6.45) is -3.89. The molecule has 0 aliphatic heterocycles. The molecule has 2 aromatic rings. The van der Waals surface area contributed by atoms with Crippen LogP contribution in [0.3, 0.4) is 0 Å². The Morgan fingerprint density at radius 1 is 1.22 bits per heavy atom. The summed E-state index contributed by atoms with van der Waals surface area (Å²) in [5, 5.41) is 9.09. The Bertz CT molecular complexity index is 806. The zero-order chi connectivity index (χ0) is 20.0. The molecule has 1 N–H and O–H groups in total. The van der Waals surface area contributed by atoms with Gasteiger partial charge in [0.2, 0.25) is 11.7 Å². The molecule has 1 amide bonds. The van der Waals surface area contributed by atoms with E-state index < -0.39 is 23.9 Å². The SMILES string of the molecule is CCCOC(=O)c1ccc(NC(=O)CSc2nnc(C(F)(F)F)n2C)cc1. The van der Waals surface area contributed by atoms with Gasteiger partial charge in [0.05, 0.1) is 17.9 Å². The quantitative estimate of drug-likeness (QED) is 0.566. The molecule has 0 aliphatic rings. The standard InChI is InChI=1S/C16H17F3N4O3S/c1-3-8-26-13(25)10-4-6-11(7-5-10)20-12(24)9-27-15-22-21-14(23(15)2)16(17,18)19/h4-7H,3,8-9H2,1-2H3,(H,20,24). The molecule has 0 fully saturated rings. The van der Waals surface area contributed by atoms with Gasteiger partial charge in [0.15, 0.2) is 5.16 Å². The smallest absolute Gasteiger partial charge is 0.451 e. The Balaban J connectivity index is 1.89. The molecule has 27 heavy (non-hydrogen) atoms. The molecule has 0 spiro atoms. The van der Waals surface area contributed by atoms with Crippen molar-refractivity contribution in [1.82, 2.24) is 14.8 Å². The lowest BCUT2D eigenvalue weighted by Crippen LogP contribution is -2.15. The fraction of sp³-hybridized carbons (Fsp3) is 0.375. The lowest BCUT2D eigenvalue weighted by atomic mass is 10.2. The third-order valence-corrected chi connectivity index (χ3v) is 4.28. The van der Waals surface area contributed by atoms with Crippen LogP contribution in [0.25, 0.3) is 0 Å². The van der Waals surface area contributed by atoms with Crippen LogP contribution >= 0.6 is 11.8 Å². The van der Waals surface area contributed by atoms with E-state index in [0.29, 0.717) is 24.3 Å². The zero-order valence-electron chi connectivity index (χ0n) is 14.5. The average Bonchev–Trinajstić information content (AvgIpc) is 2.99. The van der Waals surface area contributed by atoms with Crippen molar-refractivity contribution in [3.8, 4) is 0 Å². The van der Waals surface area contributed by atoms with E-state index in [1.165, 1.54) is 31.3 Å². The number of halogens is 3. The van der Waals surface area contributed by atoms with Crippen molar-refractivity contribution in [2.24, 2.45) is 7.05 Å². The maximum atomic E-state index is 12.7. The van der Waals surface area contributed by atoms with Crippen LogP contribution in [0.5, 0.6) is 0 Å². The van der Waals surface area contributed by atoms with E-state index in [0.717, 1.165) is 16.3 Å². The molecule has 0 saturated carbocycles. The first-order valence-electron chi connectivity index (χ1n) is 7.88. The first-order valence-corrected chi connectivity index (χ1v) is 8.87. The molecule has 2 rings (SSSR count). The number of hydrogen-bond donors (Lipinski definition) is 1. The van der Waals surface area contributed by atoms with E-state index >= 15 is 0 Å².